The fraction of sp³-hybridized carbons (Fsp3) is 0.769. The van der Waals surface area contributed by atoms with Crippen LogP contribution in [0.5, 0.6) is 0 Å². The highest BCUT2D eigenvalue weighted by atomic mass is 16.4. The Labute approximate surface area is 190 Å². The van der Waals surface area contributed by atoms with E-state index in [2.05, 4.69) is 19.2 Å². The molecule has 1 aromatic rings. The maximum Gasteiger partial charge on any atom is 0.335 e. The third-order valence-electron chi connectivity index (χ3n) is 10.5. The van der Waals surface area contributed by atoms with Gasteiger partial charge in [-0.25, -0.2) is 4.79 Å². The normalized spacial score (nSPS) is 45.4. The van der Waals surface area contributed by atoms with Gasteiger partial charge in [-0.3, -0.25) is 4.79 Å². The van der Waals surface area contributed by atoms with Crippen LogP contribution in [-0.4, -0.2) is 29.2 Å². The average Bonchev–Trinajstić information content (AvgIpc) is 3.06. The summed E-state index contributed by atoms with van der Waals surface area (Å²) in [4.78, 5) is 23.3. The summed E-state index contributed by atoms with van der Waals surface area (Å²) in [7, 11) is 0. The lowest BCUT2D eigenvalue weighted by atomic mass is 9.43. The lowest BCUT2D eigenvalue weighted by Crippen LogP contribution is -2.62. The highest BCUT2D eigenvalue weighted by Crippen LogP contribution is 2.70. The minimum absolute atomic E-state index is 0.0521. The molecule has 176 valence electrons. The molecule has 6 nitrogen and oxygen atoms in total. The zero-order valence-electron chi connectivity index (χ0n) is 19.4. The second-order valence-corrected chi connectivity index (χ2v) is 11.6. The van der Waals surface area contributed by atoms with Crippen molar-refractivity contribution in [1.29, 1.82) is 0 Å². The number of carbonyl (C=O) groups is 1. The molecule has 4 aliphatic carbocycles. The van der Waals surface area contributed by atoms with E-state index < -0.39 is 5.60 Å². The zero-order chi connectivity index (χ0) is 22.7. The average molecular weight is 443 g/mol. The second kappa shape index (κ2) is 7.69. The van der Waals surface area contributed by atoms with Gasteiger partial charge in [0.05, 0.1) is 18.4 Å². The highest BCUT2D eigenvalue weighted by Gasteiger charge is 2.67. The summed E-state index contributed by atoms with van der Waals surface area (Å²) in [5.41, 5.74) is 5.61. The van der Waals surface area contributed by atoms with E-state index in [0.29, 0.717) is 17.8 Å². The minimum Gasteiger partial charge on any atom is -0.431 e. The van der Waals surface area contributed by atoms with Crippen molar-refractivity contribution in [2.75, 3.05) is 6.54 Å². The molecule has 4 aliphatic rings. The fourth-order valence-electron chi connectivity index (χ4n) is 8.74. The summed E-state index contributed by atoms with van der Waals surface area (Å²) in [6.07, 6.45) is 10.9. The summed E-state index contributed by atoms with van der Waals surface area (Å²) in [5.74, 6) is 1.61. The quantitative estimate of drug-likeness (QED) is 0.666. The van der Waals surface area contributed by atoms with Gasteiger partial charge in [-0.05, 0) is 98.5 Å². The van der Waals surface area contributed by atoms with Gasteiger partial charge in [0, 0.05) is 17.5 Å². The third-order valence-corrected chi connectivity index (χ3v) is 10.5. The van der Waals surface area contributed by atoms with Crippen molar-refractivity contribution in [3.05, 3.63) is 34.4 Å². The van der Waals surface area contributed by atoms with Crippen LogP contribution in [0, 0.1) is 28.6 Å². The van der Waals surface area contributed by atoms with Gasteiger partial charge in [-0.15, -0.1) is 0 Å². The number of hydrogen-bond acceptors (Lipinski definition) is 5. The second-order valence-electron chi connectivity index (χ2n) is 11.6. The molecule has 0 aromatic carbocycles. The molecular formula is C26H38N2O4. The van der Waals surface area contributed by atoms with Crippen LogP contribution < -0.4 is 16.7 Å². The van der Waals surface area contributed by atoms with Gasteiger partial charge in [0.25, 0.3) is 0 Å². The van der Waals surface area contributed by atoms with Crippen molar-refractivity contribution < 1.29 is 14.3 Å². The van der Waals surface area contributed by atoms with Crippen molar-refractivity contribution in [2.24, 2.45) is 34.3 Å². The van der Waals surface area contributed by atoms with Crippen LogP contribution in [0.15, 0.2) is 27.6 Å². The molecule has 6 heteroatoms. The Balaban J connectivity index is 1.39. The summed E-state index contributed by atoms with van der Waals surface area (Å²) >= 11 is 0. The van der Waals surface area contributed by atoms with Gasteiger partial charge in [0.1, 0.15) is 0 Å². The topological polar surface area (TPSA) is 106 Å². The van der Waals surface area contributed by atoms with E-state index in [1.165, 1.54) is 6.07 Å². The predicted octanol–water partition coefficient (Wildman–Crippen LogP) is 3.32. The van der Waals surface area contributed by atoms with E-state index in [1.807, 2.05) is 6.07 Å². The van der Waals surface area contributed by atoms with Gasteiger partial charge >= 0.3 is 5.63 Å². The van der Waals surface area contributed by atoms with Crippen molar-refractivity contribution in [1.82, 2.24) is 5.32 Å². The predicted molar refractivity (Wildman–Crippen MR) is 122 cm³/mol. The van der Waals surface area contributed by atoms with Gasteiger partial charge in [-0.1, -0.05) is 13.8 Å². The molecule has 1 aromatic heterocycles. The largest absolute Gasteiger partial charge is 0.431 e. The maximum atomic E-state index is 12.3. The van der Waals surface area contributed by atoms with Gasteiger partial charge in [0.15, 0.2) is 0 Å². The van der Waals surface area contributed by atoms with E-state index in [0.717, 1.165) is 63.4 Å². The molecule has 0 saturated heterocycles. The molecule has 0 aliphatic heterocycles. The molecule has 0 bridgehead atoms. The molecule has 0 radical (unpaired) electrons. The SMILES string of the molecule is CC12CCC(NC(=O)CN)CC1CCC1C2CCC2(C)C(c3ccc(=O)oc3)CCC12O. The molecule has 0 spiro atoms. The smallest absolute Gasteiger partial charge is 0.335 e. The Morgan fingerprint density at radius 1 is 1.12 bits per heavy atom. The van der Waals surface area contributed by atoms with Crippen LogP contribution in [-0.2, 0) is 4.79 Å². The van der Waals surface area contributed by atoms with Gasteiger partial charge in [0.2, 0.25) is 5.91 Å². The number of carbonyl (C=O) groups excluding carboxylic acids is 1. The van der Waals surface area contributed by atoms with Crippen LogP contribution in [0.2, 0.25) is 0 Å². The number of amides is 1. The maximum absolute atomic E-state index is 12.3. The van der Waals surface area contributed by atoms with Crippen LogP contribution in [0.4, 0.5) is 0 Å². The summed E-state index contributed by atoms with van der Waals surface area (Å²) in [6.45, 7) is 4.79. The van der Waals surface area contributed by atoms with Crippen molar-refractivity contribution in [3.63, 3.8) is 0 Å². The molecule has 4 N–H and O–H groups in total. The first-order chi connectivity index (χ1) is 15.2. The number of nitrogens with one attached hydrogen (secondary N) is 1. The number of fused-ring (bicyclic) bond motifs is 5. The molecule has 4 fully saturated rings. The van der Waals surface area contributed by atoms with Gasteiger partial charge < -0.3 is 20.6 Å². The first-order valence-electron chi connectivity index (χ1n) is 12.5. The fourth-order valence-corrected chi connectivity index (χ4v) is 8.74. The van der Waals surface area contributed by atoms with E-state index in [9.17, 15) is 14.7 Å². The Bertz CT molecular complexity index is 926. The van der Waals surface area contributed by atoms with Crippen LogP contribution in [0.1, 0.15) is 83.1 Å². The van der Waals surface area contributed by atoms with Crippen molar-refractivity contribution >= 4 is 5.91 Å². The number of nitrogens with two attached hydrogens (primary N) is 1. The van der Waals surface area contributed by atoms with Crippen LogP contribution in [0.25, 0.3) is 0 Å². The summed E-state index contributed by atoms with van der Waals surface area (Å²) < 4.78 is 5.19. The Kier molecular flexibility index (Phi) is 5.33. The summed E-state index contributed by atoms with van der Waals surface area (Å²) in [5, 5.41) is 15.4. The van der Waals surface area contributed by atoms with Crippen LogP contribution in [0.3, 0.4) is 0 Å². The zero-order valence-corrected chi connectivity index (χ0v) is 19.4. The minimum atomic E-state index is -0.671. The first kappa shape index (κ1) is 22.1. The third kappa shape index (κ3) is 3.12. The summed E-state index contributed by atoms with van der Waals surface area (Å²) in [6, 6.07) is 3.64. The molecule has 8 unspecified atom stereocenters. The number of rotatable bonds is 3. The monoisotopic (exact) mass is 442 g/mol. The van der Waals surface area contributed by atoms with Crippen molar-refractivity contribution in [3.8, 4) is 0 Å². The molecule has 8 atom stereocenters. The molecule has 1 amide bonds. The Morgan fingerprint density at radius 3 is 2.66 bits per heavy atom. The molecule has 32 heavy (non-hydrogen) atoms. The lowest BCUT2D eigenvalue weighted by molar-refractivity contribution is -0.202. The molecule has 5 rings (SSSR count). The Morgan fingerprint density at radius 2 is 1.94 bits per heavy atom. The molecular weight excluding hydrogens is 404 g/mol. The Hall–Kier alpha value is -1.66. The highest BCUT2D eigenvalue weighted by molar-refractivity contribution is 5.78. The van der Waals surface area contributed by atoms with Crippen LogP contribution >= 0.6 is 0 Å². The van der Waals surface area contributed by atoms with Gasteiger partial charge in [-0.2, -0.15) is 0 Å². The lowest BCUT2D eigenvalue weighted by Gasteiger charge is -2.63. The standard InChI is InChI=1S/C26H38N2O4/c1-24-10-7-18(28-22(29)14-27)13-17(24)4-5-21-20(24)8-11-25(2)19(9-12-26(21,25)31)16-3-6-23(30)32-15-16/h3,6,15,17-21,31H,4-5,7-14,27H2,1-2H3,(H,28,29). The number of aliphatic hydroxyl groups is 1. The van der Waals surface area contributed by atoms with E-state index >= 15 is 0 Å². The van der Waals surface area contributed by atoms with E-state index in [1.54, 1.807) is 6.26 Å². The van der Waals surface area contributed by atoms with Crippen molar-refractivity contribution in [2.45, 2.75) is 89.2 Å². The molecule has 1 heterocycles. The van der Waals surface area contributed by atoms with E-state index in [-0.39, 0.29) is 40.9 Å². The number of hydrogen-bond donors (Lipinski definition) is 3. The van der Waals surface area contributed by atoms with E-state index in [4.69, 9.17) is 10.2 Å². The molecule has 4 saturated carbocycles. The first-order valence-corrected chi connectivity index (χ1v) is 12.5.